The summed E-state index contributed by atoms with van der Waals surface area (Å²) in [7, 11) is 2.13. The molecule has 2 aliphatic heterocycles. The van der Waals surface area contributed by atoms with E-state index >= 15 is 0 Å². The van der Waals surface area contributed by atoms with Crippen LogP contribution < -0.4 is 9.47 Å². The molecule has 0 radical (unpaired) electrons. The zero-order valence-corrected chi connectivity index (χ0v) is 14.4. The van der Waals surface area contributed by atoms with Crippen LogP contribution in [-0.2, 0) is 16.8 Å². The Balaban J connectivity index is 1.63. The number of aliphatic hydroxyl groups excluding tert-OH is 1. The maximum absolute atomic E-state index is 12.2. The Bertz CT molecular complexity index is 769. The van der Waals surface area contributed by atoms with Crippen LogP contribution in [0.5, 0.6) is 11.5 Å². The fourth-order valence-electron chi connectivity index (χ4n) is 4.51. The Morgan fingerprint density at radius 2 is 2.24 bits per heavy atom. The van der Waals surface area contributed by atoms with E-state index < -0.39 is 6.10 Å². The number of carbonyl (C=O) groups is 1. The van der Waals surface area contributed by atoms with Crippen molar-refractivity contribution in [1.82, 2.24) is 4.90 Å². The minimum atomic E-state index is -0.480. The van der Waals surface area contributed by atoms with Gasteiger partial charge in [-0.3, -0.25) is 4.79 Å². The molecule has 1 spiro atoms. The van der Waals surface area contributed by atoms with Gasteiger partial charge in [-0.2, -0.15) is 0 Å². The molecule has 0 amide bonds. The van der Waals surface area contributed by atoms with Gasteiger partial charge in [-0.25, -0.2) is 0 Å². The van der Waals surface area contributed by atoms with E-state index in [4.69, 9.17) is 9.47 Å². The predicted molar refractivity (Wildman–Crippen MR) is 91.6 cm³/mol. The van der Waals surface area contributed by atoms with Crippen LogP contribution in [0.15, 0.2) is 24.3 Å². The van der Waals surface area contributed by atoms with Crippen molar-refractivity contribution >= 4 is 5.97 Å². The molecule has 1 N–H and O–H groups in total. The number of hydrogen-bond donors (Lipinski definition) is 1. The zero-order valence-electron chi connectivity index (χ0n) is 14.4. The smallest absolute Gasteiger partial charge is 0.314 e. The minimum absolute atomic E-state index is 0.0523. The van der Waals surface area contributed by atoms with Gasteiger partial charge in [0.25, 0.3) is 0 Å². The summed E-state index contributed by atoms with van der Waals surface area (Å²) < 4.78 is 12.0. The predicted octanol–water partition coefficient (Wildman–Crippen LogP) is 2.16. The van der Waals surface area contributed by atoms with Crippen molar-refractivity contribution in [2.24, 2.45) is 5.92 Å². The lowest BCUT2D eigenvalue weighted by molar-refractivity contribution is -0.135. The molecule has 0 bridgehead atoms. The third-order valence-electron chi connectivity index (χ3n) is 6.05. The fraction of sp³-hybridized carbons (Fsp3) is 0.550. The number of nitrogens with zero attached hydrogens (tertiary/aromatic N) is 1. The zero-order chi connectivity index (χ0) is 17.2. The molecule has 1 aromatic rings. The van der Waals surface area contributed by atoms with Gasteiger partial charge in [0.05, 0.1) is 17.4 Å². The first-order valence-electron chi connectivity index (χ1n) is 9.17. The molecule has 2 aliphatic carbocycles. The monoisotopic (exact) mass is 341 g/mol. The molecule has 1 fully saturated rings. The maximum Gasteiger partial charge on any atom is 0.314 e. The van der Waals surface area contributed by atoms with Gasteiger partial charge in [-0.1, -0.05) is 18.2 Å². The van der Waals surface area contributed by atoms with Crippen LogP contribution in [-0.4, -0.2) is 41.8 Å². The molecular formula is C20H23NO4. The average Bonchev–Trinajstić information content (AvgIpc) is 3.38. The molecule has 1 saturated carbocycles. The van der Waals surface area contributed by atoms with Crippen LogP contribution in [0.1, 0.15) is 36.8 Å². The SMILES string of the molecule is CN1CC[C@@]23C=C[C@H](O)C[C@@H]2Oc2c(OC(=O)C4CC4)ccc(c23)C1. The van der Waals surface area contributed by atoms with Crippen molar-refractivity contribution in [2.75, 3.05) is 13.6 Å². The molecule has 1 aromatic carbocycles. The standard InChI is InChI=1S/C20H23NO4/c1-21-9-8-20-7-6-14(22)10-16(20)25-18-15(24-19(23)12-2-3-12)5-4-13(11-21)17(18)20/h4-7,12,14,16,22H,2-3,8-11H2,1H3/t14-,16-,20-/m0/s1. The molecular weight excluding hydrogens is 318 g/mol. The molecule has 5 nitrogen and oxygen atoms in total. The van der Waals surface area contributed by atoms with Gasteiger partial charge >= 0.3 is 5.97 Å². The number of rotatable bonds is 2. The highest BCUT2D eigenvalue weighted by molar-refractivity contribution is 5.79. The summed E-state index contributed by atoms with van der Waals surface area (Å²) in [5.74, 6) is 1.16. The first-order chi connectivity index (χ1) is 12.1. The normalized spacial score (nSPS) is 33.2. The molecule has 4 aliphatic rings. The molecule has 0 saturated heterocycles. The number of benzene rings is 1. The second-order valence-corrected chi connectivity index (χ2v) is 7.92. The third-order valence-corrected chi connectivity index (χ3v) is 6.05. The fourth-order valence-corrected chi connectivity index (χ4v) is 4.51. The van der Waals surface area contributed by atoms with Gasteiger partial charge in [-0.05, 0) is 44.5 Å². The van der Waals surface area contributed by atoms with Gasteiger partial charge in [0, 0.05) is 18.5 Å². The topological polar surface area (TPSA) is 59.0 Å². The highest BCUT2D eigenvalue weighted by Crippen LogP contribution is 2.55. The molecule has 25 heavy (non-hydrogen) atoms. The van der Waals surface area contributed by atoms with Gasteiger partial charge in [0.1, 0.15) is 6.10 Å². The lowest BCUT2D eigenvalue weighted by Crippen LogP contribution is -2.42. The number of ether oxygens (including phenoxy) is 2. The molecule has 2 heterocycles. The van der Waals surface area contributed by atoms with Crippen molar-refractivity contribution < 1.29 is 19.4 Å². The van der Waals surface area contributed by atoms with Crippen LogP contribution in [0, 0.1) is 5.92 Å². The number of hydrogen-bond acceptors (Lipinski definition) is 5. The van der Waals surface area contributed by atoms with E-state index in [-0.39, 0.29) is 23.4 Å². The molecule has 0 aromatic heterocycles. The first-order valence-corrected chi connectivity index (χ1v) is 9.17. The minimum Gasteiger partial charge on any atom is -0.485 e. The molecule has 132 valence electrons. The van der Waals surface area contributed by atoms with E-state index in [9.17, 15) is 9.90 Å². The van der Waals surface area contributed by atoms with Crippen molar-refractivity contribution in [3.05, 3.63) is 35.4 Å². The highest BCUT2D eigenvalue weighted by Gasteiger charge is 2.52. The van der Waals surface area contributed by atoms with Gasteiger partial charge < -0.3 is 19.5 Å². The van der Waals surface area contributed by atoms with Crippen LogP contribution in [0.3, 0.4) is 0 Å². The molecule has 5 heteroatoms. The van der Waals surface area contributed by atoms with Crippen LogP contribution in [0.2, 0.25) is 0 Å². The van der Waals surface area contributed by atoms with E-state index in [1.165, 1.54) is 5.56 Å². The Kier molecular flexibility index (Phi) is 3.28. The van der Waals surface area contributed by atoms with E-state index in [1.807, 2.05) is 12.1 Å². The van der Waals surface area contributed by atoms with Gasteiger partial charge in [-0.15, -0.1) is 0 Å². The lowest BCUT2D eigenvalue weighted by Gasteiger charge is -2.35. The Hall–Kier alpha value is -1.85. The van der Waals surface area contributed by atoms with Crippen LogP contribution in [0.4, 0.5) is 0 Å². The van der Waals surface area contributed by atoms with Crippen LogP contribution in [0.25, 0.3) is 0 Å². The lowest BCUT2D eigenvalue weighted by atomic mass is 9.69. The van der Waals surface area contributed by atoms with Crippen molar-refractivity contribution in [3.8, 4) is 11.5 Å². The van der Waals surface area contributed by atoms with Crippen LogP contribution >= 0.6 is 0 Å². The van der Waals surface area contributed by atoms with E-state index in [2.05, 4.69) is 24.1 Å². The second kappa shape index (κ2) is 5.32. The van der Waals surface area contributed by atoms with Crippen molar-refractivity contribution in [3.63, 3.8) is 0 Å². The van der Waals surface area contributed by atoms with Gasteiger partial charge in [0.15, 0.2) is 11.5 Å². The quantitative estimate of drug-likeness (QED) is 0.507. The third kappa shape index (κ3) is 2.33. The Labute approximate surface area is 147 Å². The summed E-state index contributed by atoms with van der Waals surface area (Å²) in [6, 6.07) is 3.95. The summed E-state index contributed by atoms with van der Waals surface area (Å²) in [5, 5.41) is 10.1. The van der Waals surface area contributed by atoms with Crippen molar-refractivity contribution in [1.29, 1.82) is 0 Å². The number of carbonyl (C=O) groups excluding carboxylic acids is 1. The Morgan fingerprint density at radius 1 is 1.40 bits per heavy atom. The van der Waals surface area contributed by atoms with Crippen molar-refractivity contribution in [2.45, 2.75) is 49.9 Å². The first kappa shape index (κ1) is 15.4. The second-order valence-electron chi connectivity index (χ2n) is 7.92. The Morgan fingerprint density at radius 3 is 3.04 bits per heavy atom. The molecule has 0 unspecified atom stereocenters. The summed E-state index contributed by atoms with van der Waals surface area (Å²) in [6.07, 6.45) is 6.81. The molecule has 3 atom stereocenters. The summed E-state index contributed by atoms with van der Waals surface area (Å²) in [6.45, 7) is 1.82. The average molecular weight is 341 g/mol. The summed E-state index contributed by atoms with van der Waals surface area (Å²) in [4.78, 5) is 14.5. The van der Waals surface area contributed by atoms with E-state index in [0.717, 1.165) is 37.9 Å². The number of esters is 1. The number of aliphatic hydroxyl groups is 1. The van der Waals surface area contributed by atoms with E-state index in [1.54, 1.807) is 0 Å². The largest absolute Gasteiger partial charge is 0.485 e. The van der Waals surface area contributed by atoms with Gasteiger partial charge in [0.2, 0.25) is 0 Å². The van der Waals surface area contributed by atoms with E-state index in [0.29, 0.717) is 17.9 Å². The molecule has 5 rings (SSSR count). The summed E-state index contributed by atoms with van der Waals surface area (Å²) >= 11 is 0. The highest BCUT2D eigenvalue weighted by atomic mass is 16.6. The summed E-state index contributed by atoms with van der Waals surface area (Å²) in [5.41, 5.74) is 2.16. The maximum atomic E-state index is 12.2.